The molecule has 0 saturated carbocycles. The summed E-state index contributed by atoms with van der Waals surface area (Å²) in [4.78, 5) is 14.6. The quantitative estimate of drug-likeness (QED) is 0.821. The van der Waals surface area contributed by atoms with Crippen molar-refractivity contribution in [2.45, 2.75) is 25.9 Å². The van der Waals surface area contributed by atoms with Crippen molar-refractivity contribution >= 4 is 27.5 Å². The third-order valence-electron chi connectivity index (χ3n) is 3.85. The number of amides is 1. The molecule has 0 spiro atoms. The fraction of sp³-hybridized carbons (Fsp3) is 0.278. The van der Waals surface area contributed by atoms with E-state index >= 15 is 0 Å². The fourth-order valence-corrected chi connectivity index (χ4v) is 3.01. The highest BCUT2D eigenvalue weighted by molar-refractivity contribution is 9.10. The van der Waals surface area contributed by atoms with Crippen LogP contribution in [-0.2, 0) is 11.2 Å². The number of nitrogens with zero attached hydrogens (tertiary/aromatic N) is 1. The van der Waals surface area contributed by atoms with Crippen LogP contribution in [0.4, 0.5) is 5.69 Å². The van der Waals surface area contributed by atoms with E-state index in [1.54, 1.807) is 0 Å². The van der Waals surface area contributed by atoms with Crippen LogP contribution in [0.15, 0.2) is 53.0 Å². The van der Waals surface area contributed by atoms with Crippen molar-refractivity contribution in [1.29, 1.82) is 0 Å². The van der Waals surface area contributed by atoms with Crippen LogP contribution in [0, 0.1) is 0 Å². The molecule has 0 aromatic heterocycles. The lowest BCUT2D eigenvalue weighted by molar-refractivity contribution is -0.124. The summed E-state index contributed by atoms with van der Waals surface area (Å²) in [6, 6.07) is 15.6. The number of para-hydroxylation sites is 1. The van der Waals surface area contributed by atoms with Crippen molar-refractivity contribution in [2.24, 2.45) is 0 Å². The molecule has 0 saturated heterocycles. The highest BCUT2D eigenvalue weighted by atomic mass is 79.9. The first-order valence-electron chi connectivity index (χ1n) is 7.46. The molecule has 0 unspecified atom stereocenters. The highest BCUT2D eigenvalue weighted by Crippen LogP contribution is 2.28. The van der Waals surface area contributed by atoms with Gasteiger partial charge >= 0.3 is 0 Å². The van der Waals surface area contributed by atoms with E-state index < -0.39 is 6.10 Å². The van der Waals surface area contributed by atoms with E-state index in [1.165, 1.54) is 5.56 Å². The number of carbonyl (C=O) groups excluding carboxylic acids is 1. The van der Waals surface area contributed by atoms with Gasteiger partial charge in [-0.25, -0.2) is 0 Å². The van der Waals surface area contributed by atoms with Crippen molar-refractivity contribution in [1.82, 2.24) is 0 Å². The number of fused-ring (bicyclic) bond motifs is 1. The molecule has 0 N–H and O–H groups in total. The van der Waals surface area contributed by atoms with Crippen LogP contribution < -0.4 is 9.64 Å². The first-order valence-corrected chi connectivity index (χ1v) is 8.26. The third-order valence-corrected chi connectivity index (χ3v) is 4.38. The van der Waals surface area contributed by atoms with Crippen LogP contribution in [-0.4, -0.2) is 18.6 Å². The van der Waals surface area contributed by atoms with Gasteiger partial charge in [0.15, 0.2) is 6.10 Å². The lowest BCUT2D eigenvalue weighted by Gasteiger charge is -2.31. The average molecular weight is 360 g/mol. The molecule has 2 aromatic carbocycles. The summed E-state index contributed by atoms with van der Waals surface area (Å²) < 4.78 is 6.78. The molecule has 1 aliphatic rings. The Morgan fingerprint density at radius 1 is 1.18 bits per heavy atom. The van der Waals surface area contributed by atoms with Crippen LogP contribution in [0.1, 0.15) is 18.9 Å². The van der Waals surface area contributed by atoms with Crippen LogP contribution in [0.2, 0.25) is 0 Å². The van der Waals surface area contributed by atoms with Gasteiger partial charge in [0.1, 0.15) is 5.75 Å². The van der Waals surface area contributed by atoms with Gasteiger partial charge in [-0.3, -0.25) is 4.79 Å². The minimum Gasteiger partial charge on any atom is -0.481 e. The second-order valence-corrected chi connectivity index (χ2v) is 6.35. The van der Waals surface area contributed by atoms with Gasteiger partial charge in [-0.2, -0.15) is 0 Å². The van der Waals surface area contributed by atoms with E-state index in [9.17, 15) is 4.79 Å². The van der Waals surface area contributed by atoms with Crippen molar-refractivity contribution in [3.8, 4) is 5.75 Å². The monoisotopic (exact) mass is 359 g/mol. The lowest BCUT2D eigenvalue weighted by atomic mass is 10.0. The summed E-state index contributed by atoms with van der Waals surface area (Å²) in [5.74, 6) is 0.712. The number of ether oxygens (including phenoxy) is 1. The van der Waals surface area contributed by atoms with Gasteiger partial charge in [0.05, 0.1) is 0 Å². The van der Waals surface area contributed by atoms with E-state index in [2.05, 4.69) is 22.0 Å². The fourth-order valence-electron chi connectivity index (χ4n) is 2.75. The average Bonchev–Trinajstić information content (AvgIpc) is 2.55. The largest absolute Gasteiger partial charge is 0.481 e. The molecule has 1 aliphatic heterocycles. The summed E-state index contributed by atoms with van der Waals surface area (Å²) >= 11 is 3.39. The highest BCUT2D eigenvalue weighted by Gasteiger charge is 2.27. The summed E-state index contributed by atoms with van der Waals surface area (Å²) in [5.41, 5.74) is 2.25. The molecular weight excluding hydrogens is 342 g/mol. The van der Waals surface area contributed by atoms with Crippen LogP contribution in [0.3, 0.4) is 0 Å². The zero-order chi connectivity index (χ0) is 15.5. The summed E-state index contributed by atoms with van der Waals surface area (Å²) in [6.45, 7) is 2.56. The molecule has 1 amide bonds. The Balaban J connectivity index is 1.75. The van der Waals surface area contributed by atoms with Gasteiger partial charge in [-0.1, -0.05) is 34.1 Å². The second-order valence-electron chi connectivity index (χ2n) is 5.44. The Morgan fingerprint density at radius 2 is 1.91 bits per heavy atom. The molecule has 2 aromatic rings. The standard InChI is InChI=1S/C18H18BrNO2/c1-13(22-16-10-8-15(19)9-11-16)18(21)20-12-4-6-14-5-2-3-7-17(14)20/h2-3,5,7-11,13H,4,6,12H2,1H3/t13-/m0/s1. The molecule has 1 heterocycles. The topological polar surface area (TPSA) is 29.5 Å². The maximum absolute atomic E-state index is 12.7. The number of hydrogen-bond acceptors (Lipinski definition) is 2. The maximum atomic E-state index is 12.7. The normalized spacial score (nSPS) is 15.1. The summed E-state index contributed by atoms with van der Waals surface area (Å²) in [6.07, 6.45) is 1.52. The third kappa shape index (κ3) is 3.17. The zero-order valence-corrected chi connectivity index (χ0v) is 14.0. The number of rotatable bonds is 3. The second kappa shape index (κ2) is 6.53. The SMILES string of the molecule is C[C@H](Oc1ccc(Br)cc1)C(=O)N1CCCc2ccccc21. The Bertz CT molecular complexity index is 669. The Morgan fingerprint density at radius 3 is 2.68 bits per heavy atom. The van der Waals surface area contributed by atoms with E-state index in [1.807, 2.05) is 54.3 Å². The number of anilines is 1. The minimum absolute atomic E-state index is 0.00932. The molecule has 0 aliphatic carbocycles. The molecule has 0 radical (unpaired) electrons. The van der Waals surface area contributed by atoms with Gasteiger partial charge in [0.2, 0.25) is 0 Å². The summed E-state index contributed by atoms with van der Waals surface area (Å²) in [7, 11) is 0. The lowest BCUT2D eigenvalue weighted by Crippen LogP contribution is -2.43. The molecule has 22 heavy (non-hydrogen) atoms. The number of aryl methyl sites for hydroxylation is 1. The minimum atomic E-state index is -0.507. The van der Waals surface area contributed by atoms with Gasteiger partial charge in [-0.05, 0) is 55.7 Å². The molecule has 4 heteroatoms. The van der Waals surface area contributed by atoms with Gasteiger partial charge < -0.3 is 9.64 Å². The first-order chi connectivity index (χ1) is 10.6. The van der Waals surface area contributed by atoms with Crippen molar-refractivity contribution in [3.63, 3.8) is 0 Å². The van der Waals surface area contributed by atoms with Gasteiger partial charge in [-0.15, -0.1) is 0 Å². The van der Waals surface area contributed by atoms with E-state index in [0.29, 0.717) is 5.75 Å². The van der Waals surface area contributed by atoms with Gasteiger partial charge in [0, 0.05) is 16.7 Å². The number of benzene rings is 2. The Hall–Kier alpha value is -1.81. The first kappa shape index (κ1) is 15.1. The van der Waals surface area contributed by atoms with Crippen molar-refractivity contribution in [3.05, 3.63) is 58.6 Å². The number of halogens is 1. The predicted octanol–water partition coefficient (Wildman–Crippen LogP) is 4.20. The van der Waals surface area contributed by atoms with Crippen molar-refractivity contribution in [2.75, 3.05) is 11.4 Å². The Kier molecular flexibility index (Phi) is 4.48. The summed E-state index contributed by atoms with van der Waals surface area (Å²) in [5, 5.41) is 0. The van der Waals surface area contributed by atoms with E-state index in [0.717, 1.165) is 29.5 Å². The molecular formula is C18H18BrNO2. The molecule has 0 fully saturated rings. The maximum Gasteiger partial charge on any atom is 0.267 e. The van der Waals surface area contributed by atoms with E-state index in [-0.39, 0.29) is 5.91 Å². The predicted molar refractivity (Wildman–Crippen MR) is 91.3 cm³/mol. The Labute approximate surface area is 139 Å². The van der Waals surface area contributed by atoms with Crippen LogP contribution in [0.5, 0.6) is 5.75 Å². The smallest absolute Gasteiger partial charge is 0.267 e. The van der Waals surface area contributed by atoms with E-state index in [4.69, 9.17) is 4.74 Å². The molecule has 0 bridgehead atoms. The van der Waals surface area contributed by atoms with Crippen LogP contribution >= 0.6 is 15.9 Å². The molecule has 3 rings (SSSR count). The molecule has 3 nitrogen and oxygen atoms in total. The van der Waals surface area contributed by atoms with Crippen LogP contribution in [0.25, 0.3) is 0 Å². The molecule has 114 valence electrons. The number of hydrogen-bond donors (Lipinski definition) is 0. The number of carbonyl (C=O) groups is 1. The van der Waals surface area contributed by atoms with Crippen molar-refractivity contribution < 1.29 is 9.53 Å². The van der Waals surface area contributed by atoms with Gasteiger partial charge in [0.25, 0.3) is 5.91 Å². The zero-order valence-electron chi connectivity index (χ0n) is 12.5. The molecule has 1 atom stereocenters.